The largest absolute Gasteiger partial charge is 0.457 e. The van der Waals surface area contributed by atoms with E-state index in [0.717, 1.165) is 47.7 Å². The number of pyridine rings is 1. The molecule has 3 N–H and O–H groups in total. The van der Waals surface area contributed by atoms with Gasteiger partial charge >= 0.3 is 0 Å². The first kappa shape index (κ1) is 14.2. The lowest BCUT2D eigenvalue weighted by molar-refractivity contribution is 0.429. The van der Waals surface area contributed by atoms with E-state index in [2.05, 4.69) is 39.7 Å². The Morgan fingerprint density at radius 2 is 2.00 bits per heavy atom. The van der Waals surface area contributed by atoms with Gasteiger partial charge in [-0.25, -0.2) is 4.98 Å². The number of piperazine rings is 1. The number of ether oxygens (including phenoxy) is 1. The Bertz CT molecular complexity index is 804. The van der Waals surface area contributed by atoms with Crippen molar-refractivity contribution in [3.8, 4) is 11.5 Å². The van der Waals surface area contributed by atoms with Crippen molar-refractivity contribution in [1.29, 1.82) is 0 Å². The summed E-state index contributed by atoms with van der Waals surface area (Å²) in [5.41, 5.74) is 3.27. The zero-order valence-electron chi connectivity index (χ0n) is 13.1. The molecule has 0 saturated carbocycles. The minimum absolute atomic E-state index is 0.373. The lowest BCUT2D eigenvalue weighted by Gasteiger charge is -2.25. The van der Waals surface area contributed by atoms with E-state index < -0.39 is 0 Å². The van der Waals surface area contributed by atoms with Crippen molar-refractivity contribution in [1.82, 2.24) is 20.6 Å². The van der Waals surface area contributed by atoms with E-state index in [1.54, 1.807) is 6.20 Å². The van der Waals surface area contributed by atoms with Crippen LogP contribution < -0.4 is 15.4 Å². The second-order valence-electron chi connectivity index (χ2n) is 5.89. The average molecular weight is 308 g/mol. The fourth-order valence-corrected chi connectivity index (χ4v) is 3.05. The molecule has 3 aromatic rings. The number of hydrogen-bond acceptors (Lipinski definition) is 4. The van der Waals surface area contributed by atoms with E-state index in [1.165, 1.54) is 5.56 Å². The minimum atomic E-state index is 0.373. The van der Waals surface area contributed by atoms with Crippen LogP contribution in [0.25, 0.3) is 11.0 Å². The van der Waals surface area contributed by atoms with E-state index in [4.69, 9.17) is 4.74 Å². The molecule has 0 aliphatic carbocycles. The van der Waals surface area contributed by atoms with Crippen LogP contribution in [0.5, 0.6) is 11.5 Å². The predicted molar refractivity (Wildman–Crippen MR) is 91.0 cm³/mol. The zero-order chi connectivity index (χ0) is 15.6. The molecule has 1 saturated heterocycles. The Kier molecular flexibility index (Phi) is 3.73. The minimum Gasteiger partial charge on any atom is -0.457 e. The number of benzene rings is 1. The normalized spacial score (nSPS) is 18.2. The third-order valence-corrected chi connectivity index (χ3v) is 4.28. The molecule has 3 heterocycles. The van der Waals surface area contributed by atoms with Crippen LogP contribution in [0.1, 0.15) is 17.2 Å². The molecule has 0 bridgehead atoms. The Balaban J connectivity index is 1.57. The number of hydrogen-bond donors (Lipinski definition) is 3. The number of fused-ring (bicyclic) bond motifs is 1. The van der Waals surface area contributed by atoms with Crippen LogP contribution in [0.4, 0.5) is 0 Å². The summed E-state index contributed by atoms with van der Waals surface area (Å²) in [5.74, 6) is 1.67. The third-order valence-electron chi connectivity index (χ3n) is 4.28. The summed E-state index contributed by atoms with van der Waals surface area (Å²) in [6.45, 7) is 5.06. The average Bonchev–Trinajstić information content (AvgIpc) is 2.99. The number of aromatic amines is 1. The SMILES string of the molecule is Cc1c[nH]c2nccc(Oc3ccc(C4CNCCN4)cc3)c12. The molecule has 1 aromatic carbocycles. The van der Waals surface area contributed by atoms with Gasteiger partial charge in [0.1, 0.15) is 17.1 Å². The summed E-state index contributed by atoms with van der Waals surface area (Å²) in [4.78, 5) is 7.49. The summed E-state index contributed by atoms with van der Waals surface area (Å²) in [6, 6.07) is 10.6. The molecule has 1 atom stereocenters. The van der Waals surface area contributed by atoms with Crippen LogP contribution in [0.15, 0.2) is 42.7 Å². The summed E-state index contributed by atoms with van der Waals surface area (Å²) >= 11 is 0. The molecule has 1 unspecified atom stereocenters. The fourth-order valence-electron chi connectivity index (χ4n) is 3.05. The molecule has 1 aliphatic rings. The number of H-pyrrole nitrogens is 1. The first-order valence-electron chi connectivity index (χ1n) is 7.96. The molecule has 2 aromatic heterocycles. The topological polar surface area (TPSA) is 62.0 Å². The Morgan fingerprint density at radius 1 is 1.13 bits per heavy atom. The van der Waals surface area contributed by atoms with E-state index in [9.17, 15) is 0 Å². The zero-order valence-corrected chi connectivity index (χ0v) is 13.1. The molecule has 23 heavy (non-hydrogen) atoms. The molecular formula is C18H20N4O. The number of rotatable bonds is 3. The third kappa shape index (κ3) is 2.81. The highest BCUT2D eigenvalue weighted by molar-refractivity contribution is 5.86. The second-order valence-corrected chi connectivity index (χ2v) is 5.89. The number of nitrogens with zero attached hydrogens (tertiary/aromatic N) is 1. The van der Waals surface area contributed by atoms with E-state index >= 15 is 0 Å². The Labute approximate surface area is 135 Å². The maximum absolute atomic E-state index is 6.08. The molecule has 5 nitrogen and oxygen atoms in total. The summed E-state index contributed by atoms with van der Waals surface area (Å²) in [5, 5.41) is 7.96. The van der Waals surface area contributed by atoms with Crippen LogP contribution in [-0.4, -0.2) is 29.6 Å². The van der Waals surface area contributed by atoms with Crippen LogP contribution in [0.3, 0.4) is 0 Å². The molecule has 1 fully saturated rings. The highest BCUT2D eigenvalue weighted by atomic mass is 16.5. The van der Waals surface area contributed by atoms with Gasteiger partial charge in [-0.3, -0.25) is 0 Å². The quantitative estimate of drug-likeness (QED) is 0.696. The summed E-state index contributed by atoms with van der Waals surface area (Å²) in [6.07, 6.45) is 3.72. The molecule has 0 radical (unpaired) electrons. The van der Waals surface area contributed by atoms with Crippen LogP contribution in [0.2, 0.25) is 0 Å². The smallest absolute Gasteiger partial charge is 0.141 e. The van der Waals surface area contributed by atoms with Crippen molar-refractivity contribution in [2.45, 2.75) is 13.0 Å². The highest BCUT2D eigenvalue weighted by Crippen LogP contribution is 2.31. The van der Waals surface area contributed by atoms with Gasteiger partial charge in [-0.2, -0.15) is 0 Å². The van der Waals surface area contributed by atoms with Gasteiger partial charge in [0.05, 0.1) is 5.39 Å². The van der Waals surface area contributed by atoms with Crippen molar-refractivity contribution < 1.29 is 4.74 Å². The first-order chi connectivity index (χ1) is 11.3. The maximum Gasteiger partial charge on any atom is 0.141 e. The lowest BCUT2D eigenvalue weighted by Crippen LogP contribution is -2.42. The van der Waals surface area contributed by atoms with Crippen molar-refractivity contribution >= 4 is 11.0 Å². The molecular weight excluding hydrogens is 288 g/mol. The monoisotopic (exact) mass is 308 g/mol. The Hall–Kier alpha value is -2.37. The van der Waals surface area contributed by atoms with Gasteiger partial charge in [0.15, 0.2) is 0 Å². The molecule has 1 aliphatic heterocycles. The Morgan fingerprint density at radius 3 is 2.78 bits per heavy atom. The molecule has 0 spiro atoms. The number of aromatic nitrogens is 2. The highest BCUT2D eigenvalue weighted by Gasteiger charge is 2.14. The van der Waals surface area contributed by atoms with Gasteiger partial charge in [0.2, 0.25) is 0 Å². The van der Waals surface area contributed by atoms with E-state index in [1.807, 2.05) is 24.4 Å². The first-order valence-corrected chi connectivity index (χ1v) is 7.96. The van der Waals surface area contributed by atoms with Crippen LogP contribution in [0, 0.1) is 6.92 Å². The van der Waals surface area contributed by atoms with E-state index in [0.29, 0.717) is 6.04 Å². The molecule has 5 heteroatoms. The fraction of sp³-hybridized carbons (Fsp3) is 0.278. The summed E-state index contributed by atoms with van der Waals surface area (Å²) in [7, 11) is 0. The van der Waals surface area contributed by atoms with Crippen LogP contribution >= 0.6 is 0 Å². The van der Waals surface area contributed by atoms with Gasteiger partial charge in [-0.05, 0) is 36.2 Å². The van der Waals surface area contributed by atoms with Crippen molar-refractivity contribution in [3.63, 3.8) is 0 Å². The standard InChI is InChI=1S/C18H20N4O/c1-12-10-22-18-17(12)16(6-7-21-18)23-14-4-2-13(3-5-14)15-11-19-8-9-20-15/h2-7,10,15,19-20H,8-9,11H2,1H3,(H,21,22). The maximum atomic E-state index is 6.08. The second kappa shape index (κ2) is 6.02. The van der Waals surface area contributed by atoms with Crippen molar-refractivity contribution in [2.24, 2.45) is 0 Å². The van der Waals surface area contributed by atoms with Gasteiger partial charge in [-0.1, -0.05) is 12.1 Å². The van der Waals surface area contributed by atoms with Crippen molar-refractivity contribution in [3.05, 3.63) is 53.9 Å². The van der Waals surface area contributed by atoms with Gasteiger partial charge < -0.3 is 20.4 Å². The molecule has 0 amide bonds. The number of aryl methyl sites for hydroxylation is 1. The van der Waals surface area contributed by atoms with E-state index in [-0.39, 0.29) is 0 Å². The predicted octanol–water partition coefficient (Wildman–Crippen LogP) is 2.90. The molecule has 118 valence electrons. The van der Waals surface area contributed by atoms with Gasteiger partial charge in [-0.15, -0.1) is 0 Å². The van der Waals surface area contributed by atoms with Gasteiger partial charge in [0, 0.05) is 38.1 Å². The lowest BCUT2D eigenvalue weighted by atomic mass is 10.1. The van der Waals surface area contributed by atoms with Gasteiger partial charge in [0.25, 0.3) is 0 Å². The summed E-state index contributed by atoms with van der Waals surface area (Å²) < 4.78 is 6.08. The van der Waals surface area contributed by atoms with Crippen molar-refractivity contribution in [2.75, 3.05) is 19.6 Å². The molecule has 4 rings (SSSR count). The van der Waals surface area contributed by atoms with Crippen LogP contribution in [-0.2, 0) is 0 Å². The number of nitrogens with one attached hydrogen (secondary N) is 3.